The molecule has 0 bridgehead atoms. The Morgan fingerprint density at radius 1 is 0.933 bits per heavy atom. The monoisotopic (exact) mass is 423 g/mol. The molecule has 1 aromatic carbocycles. The van der Waals surface area contributed by atoms with Gasteiger partial charge in [0.2, 0.25) is 0 Å². The predicted octanol–water partition coefficient (Wildman–Crippen LogP) is 3.37. The first-order valence-corrected chi connectivity index (χ1v) is 10.1. The largest absolute Gasteiger partial charge is 0.463 e. The number of rotatable bonds is 11. The number of esters is 2. The molecule has 1 aromatic rings. The molecule has 0 heterocycles. The van der Waals surface area contributed by atoms with Gasteiger partial charge in [-0.05, 0) is 46.6 Å². The Morgan fingerprint density at radius 2 is 1.50 bits per heavy atom. The van der Waals surface area contributed by atoms with E-state index >= 15 is 0 Å². The second kappa shape index (κ2) is 12.2. The number of hydrogen-bond acceptors (Lipinski definition) is 7. The molecule has 0 aromatic heterocycles. The average molecular weight is 424 g/mol. The van der Waals surface area contributed by atoms with Gasteiger partial charge in [-0.25, -0.2) is 14.4 Å². The fourth-order valence-electron chi connectivity index (χ4n) is 2.60. The van der Waals surface area contributed by atoms with E-state index in [0.717, 1.165) is 5.56 Å². The molecule has 1 amide bonds. The molecule has 0 saturated carbocycles. The summed E-state index contributed by atoms with van der Waals surface area (Å²) >= 11 is 0. The van der Waals surface area contributed by atoms with E-state index in [4.69, 9.17) is 18.9 Å². The van der Waals surface area contributed by atoms with Gasteiger partial charge in [0.1, 0.15) is 5.60 Å². The van der Waals surface area contributed by atoms with Crippen LogP contribution in [0.15, 0.2) is 30.3 Å². The lowest BCUT2D eigenvalue weighted by atomic mass is 9.97. The zero-order valence-electron chi connectivity index (χ0n) is 18.5. The molecule has 0 aliphatic carbocycles. The van der Waals surface area contributed by atoms with Crippen molar-refractivity contribution >= 4 is 18.0 Å². The number of amides is 1. The molecule has 0 atom stereocenters. The number of carbonyl (C=O) groups excluding carboxylic acids is 3. The molecule has 0 aliphatic rings. The summed E-state index contributed by atoms with van der Waals surface area (Å²) in [4.78, 5) is 37.3. The van der Waals surface area contributed by atoms with Crippen LogP contribution in [0.2, 0.25) is 0 Å². The van der Waals surface area contributed by atoms with Gasteiger partial charge in [0.05, 0.1) is 19.8 Å². The van der Waals surface area contributed by atoms with E-state index in [1.807, 2.05) is 30.3 Å². The number of hydrogen-bond donors (Lipinski definition) is 1. The van der Waals surface area contributed by atoms with Crippen molar-refractivity contribution in [2.24, 2.45) is 0 Å². The molecule has 0 unspecified atom stereocenters. The Balaban J connectivity index is 2.91. The first-order valence-electron chi connectivity index (χ1n) is 10.1. The molecule has 8 heteroatoms. The molecule has 168 valence electrons. The van der Waals surface area contributed by atoms with Gasteiger partial charge in [0.15, 0.2) is 0 Å². The van der Waals surface area contributed by atoms with Gasteiger partial charge >= 0.3 is 18.0 Å². The number of ether oxygens (including phenoxy) is 4. The minimum absolute atomic E-state index is 0.0205. The van der Waals surface area contributed by atoms with Crippen LogP contribution in [0.25, 0.3) is 0 Å². The van der Waals surface area contributed by atoms with Gasteiger partial charge in [-0.3, -0.25) is 0 Å². The van der Waals surface area contributed by atoms with Crippen molar-refractivity contribution < 1.29 is 33.3 Å². The molecule has 0 saturated heterocycles. The summed E-state index contributed by atoms with van der Waals surface area (Å²) in [6.45, 7) is 8.96. The maximum absolute atomic E-state index is 12.8. The van der Waals surface area contributed by atoms with Crippen LogP contribution < -0.4 is 5.32 Å². The third kappa shape index (κ3) is 8.41. The van der Waals surface area contributed by atoms with Crippen LogP contribution in [-0.4, -0.2) is 49.0 Å². The van der Waals surface area contributed by atoms with Crippen molar-refractivity contribution in [3.63, 3.8) is 0 Å². The quantitative estimate of drug-likeness (QED) is 0.252. The Kier molecular flexibility index (Phi) is 10.3. The fraction of sp³-hybridized carbons (Fsp3) is 0.591. The SMILES string of the molecule is CCOC(=O)C(CCCNC(=O)OC(C)(C)C)(OCc1ccccc1)C(=O)OCC. The van der Waals surface area contributed by atoms with Crippen LogP contribution in [0.1, 0.15) is 53.0 Å². The molecule has 8 nitrogen and oxygen atoms in total. The van der Waals surface area contributed by atoms with Crippen molar-refractivity contribution in [2.75, 3.05) is 19.8 Å². The van der Waals surface area contributed by atoms with Crippen molar-refractivity contribution in [2.45, 2.75) is 65.3 Å². The maximum Gasteiger partial charge on any atom is 0.407 e. The lowest BCUT2D eigenvalue weighted by molar-refractivity contribution is -0.194. The van der Waals surface area contributed by atoms with Crippen LogP contribution in [-0.2, 0) is 35.1 Å². The van der Waals surface area contributed by atoms with Gasteiger partial charge in [-0.1, -0.05) is 30.3 Å². The van der Waals surface area contributed by atoms with Crippen LogP contribution in [0.4, 0.5) is 4.79 Å². The second-order valence-corrected chi connectivity index (χ2v) is 7.57. The minimum Gasteiger partial charge on any atom is -0.463 e. The predicted molar refractivity (Wildman–Crippen MR) is 111 cm³/mol. The lowest BCUT2D eigenvalue weighted by Crippen LogP contribution is -2.51. The van der Waals surface area contributed by atoms with Gasteiger partial charge in [-0.15, -0.1) is 0 Å². The molecule has 0 aliphatic heterocycles. The summed E-state index contributed by atoms with van der Waals surface area (Å²) in [5.74, 6) is -1.62. The Bertz CT molecular complexity index is 664. The highest BCUT2D eigenvalue weighted by Gasteiger charge is 2.50. The van der Waals surface area contributed by atoms with Gasteiger partial charge < -0.3 is 24.3 Å². The van der Waals surface area contributed by atoms with Crippen LogP contribution >= 0.6 is 0 Å². The molecule has 30 heavy (non-hydrogen) atoms. The summed E-state index contributed by atoms with van der Waals surface area (Å²) in [6, 6.07) is 9.17. The van der Waals surface area contributed by atoms with Crippen molar-refractivity contribution in [1.29, 1.82) is 0 Å². The van der Waals surface area contributed by atoms with E-state index < -0.39 is 29.2 Å². The standard InChI is InChI=1S/C22H33NO7/c1-6-27-18(24)22(19(25)28-7-2,29-16-17-12-9-8-10-13-17)14-11-15-23-20(26)30-21(3,4)5/h8-10,12-13H,6-7,11,14-16H2,1-5H3,(H,23,26). The number of alkyl carbamates (subject to hydrolysis) is 1. The van der Waals surface area contributed by atoms with E-state index in [1.165, 1.54) is 0 Å². The second-order valence-electron chi connectivity index (χ2n) is 7.57. The maximum atomic E-state index is 12.8. The van der Waals surface area contributed by atoms with Gasteiger partial charge in [-0.2, -0.15) is 0 Å². The van der Waals surface area contributed by atoms with Crippen molar-refractivity contribution in [1.82, 2.24) is 5.32 Å². The first-order chi connectivity index (χ1) is 14.1. The summed E-state index contributed by atoms with van der Waals surface area (Å²) < 4.78 is 21.3. The number of benzene rings is 1. The highest BCUT2D eigenvalue weighted by atomic mass is 16.6. The summed E-state index contributed by atoms with van der Waals surface area (Å²) in [5.41, 5.74) is -1.75. The topological polar surface area (TPSA) is 100 Å². The summed E-state index contributed by atoms with van der Waals surface area (Å²) in [6.07, 6.45) is -0.329. The van der Waals surface area contributed by atoms with E-state index in [-0.39, 0.29) is 39.2 Å². The average Bonchev–Trinajstić information content (AvgIpc) is 2.67. The summed E-state index contributed by atoms with van der Waals surface area (Å²) in [7, 11) is 0. The minimum atomic E-state index is -1.92. The molecular formula is C22H33NO7. The number of carbonyl (C=O) groups is 3. The van der Waals surface area contributed by atoms with Gasteiger partial charge in [0, 0.05) is 13.0 Å². The molecule has 0 spiro atoms. The van der Waals surface area contributed by atoms with Crippen molar-refractivity contribution in [3.05, 3.63) is 35.9 Å². The number of nitrogens with one attached hydrogen (secondary N) is 1. The first kappa shape index (κ1) is 25.4. The molecular weight excluding hydrogens is 390 g/mol. The molecule has 1 rings (SSSR count). The highest BCUT2D eigenvalue weighted by molar-refractivity contribution is 6.03. The molecule has 0 fully saturated rings. The van der Waals surface area contributed by atoms with E-state index in [1.54, 1.807) is 34.6 Å². The van der Waals surface area contributed by atoms with Gasteiger partial charge in [0.25, 0.3) is 5.60 Å². The van der Waals surface area contributed by atoms with Crippen LogP contribution in [0.3, 0.4) is 0 Å². The smallest absolute Gasteiger partial charge is 0.407 e. The fourth-order valence-corrected chi connectivity index (χ4v) is 2.60. The van der Waals surface area contributed by atoms with Crippen molar-refractivity contribution in [3.8, 4) is 0 Å². The molecule has 1 N–H and O–H groups in total. The normalized spacial score (nSPS) is 11.5. The van der Waals surface area contributed by atoms with E-state index in [2.05, 4.69) is 5.32 Å². The third-order valence-electron chi connectivity index (χ3n) is 3.91. The zero-order chi connectivity index (χ0) is 22.6. The Morgan fingerprint density at radius 3 is 2.00 bits per heavy atom. The van der Waals surface area contributed by atoms with Crippen LogP contribution in [0, 0.1) is 0 Å². The van der Waals surface area contributed by atoms with Crippen LogP contribution in [0.5, 0.6) is 0 Å². The summed E-state index contributed by atoms with van der Waals surface area (Å²) in [5, 5.41) is 2.61. The third-order valence-corrected chi connectivity index (χ3v) is 3.91. The van der Waals surface area contributed by atoms with E-state index in [9.17, 15) is 14.4 Å². The Labute approximate surface area is 178 Å². The molecule has 0 radical (unpaired) electrons. The Hall–Kier alpha value is -2.61. The zero-order valence-corrected chi connectivity index (χ0v) is 18.5. The highest BCUT2D eigenvalue weighted by Crippen LogP contribution is 2.25. The van der Waals surface area contributed by atoms with E-state index in [0.29, 0.717) is 0 Å². The lowest BCUT2D eigenvalue weighted by Gasteiger charge is -2.29.